The van der Waals surface area contributed by atoms with Crippen molar-refractivity contribution in [3.05, 3.63) is 35.4 Å². The fourth-order valence-electron chi connectivity index (χ4n) is 1.73. The zero-order valence-corrected chi connectivity index (χ0v) is 13.7. The number of hydrogen-bond donors (Lipinski definition) is 0. The molecule has 1 aromatic rings. The van der Waals surface area contributed by atoms with Crippen LogP contribution >= 0.6 is 19.2 Å². The molecule has 0 atom stereocenters. The van der Waals surface area contributed by atoms with Crippen LogP contribution in [-0.2, 0) is 30.8 Å². The van der Waals surface area contributed by atoms with E-state index in [2.05, 4.69) is 0 Å². The molecule has 20 heavy (non-hydrogen) atoms. The standard InChI is InChI=1S/C14H22ClO4P/c1-3-18-20(16,19-4-2)9-8-17-12-14-7-5-6-13(10-14)11-15/h5-7,10H,3-4,8-9,11-12H2,1-2H3. The first kappa shape index (κ1) is 17.7. The van der Waals surface area contributed by atoms with Crippen LogP contribution in [0, 0.1) is 0 Å². The second kappa shape index (κ2) is 9.54. The minimum Gasteiger partial charge on any atom is -0.376 e. The molecule has 1 rings (SSSR count). The van der Waals surface area contributed by atoms with Crippen LogP contribution in [0.1, 0.15) is 25.0 Å². The van der Waals surface area contributed by atoms with Gasteiger partial charge in [0.05, 0.1) is 32.6 Å². The van der Waals surface area contributed by atoms with Gasteiger partial charge in [0.1, 0.15) is 0 Å². The van der Waals surface area contributed by atoms with Gasteiger partial charge >= 0.3 is 7.60 Å². The summed E-state index contributed by atoms with van der Waals surface area (Å²) in [5.74, 6) is 0.484. The van der Waals surface area contributed by atoms with Gasteiger partial charge < -0.3 is 13.8 Å². The molecule has 0 radical (unpaired) electrons. The third kappa shape index (κ3) is 6.38. The Hall–Kier alpha value is -0.380. The molecule has 0 saturated carbocycles. The Labute approximate surface area is 125 Å². The summed E-state index contributed by atoms with van der Waals surface area (Å²) in [4.78, 5) is 0. The molecule has 0 unspecified atom stereocenters. The van der Waals surface area contributed by atoms with Gasteiger partial charge in [-0.2, -0.15) is 0 Å². The highest BCUT2D eigenvalue weighted by Gasteiger charge is 2.22. The van der Waals surface area contributed by atoms with E-state index < -0.39 is 7.60 Å². The molecule has 0 heterocycles. The van der Waals surface area contributed by atoms with Crippen molar-refractivity contribution in [2.24, 2.45) is 0 Å². The molecule has 0 N–H and O–H groups in total. The first-order chi connectivity index (χ1) is 9.63. The van der Waals surface area contributed by atoms with Gasteiger partial charge in [0.15, 0.2) is 0 Å². The Balaban J connectivity index is 2.37. The van der Waals surface area contributed by atoms with Crippen LogP contribution in [0.2, 0.25) is 0 Å². The maximum Gasteiger partial charge on any atom is 0.332 e. The van der Waals surface area contributed by atoms with E-state index in [1.807, 2.05) is 24.3 Å². The highest BCUT2D eigenvalue weighted by atomic mass is 35.5. The van der Waals surface area contributed by atoms with Crippen LogP contribution in [-0.4, -0.2) is 26.0 Å². The molecular weight excluding hydrogens is 299 g/mol. The minimum absolute atomic E-state index is 0.268. The molecule has 0 aliphatic heterocycles. The van der Waals surface area contributed by atoms with E-state index in [4.69, 9.17) is 25.4 Å². The van der Waals surface area contributed by atoms with E-state index in [-0.39, 0.29) is 6.16 Å². The highest BCUT2D eigenvalue weighted by molar-refractivity contribution is 7.53. The van der Waals surface area contributed by atoms with Crippen molar-refractivity contribution >= 4 is 19.2 Å². The summed E-state index contributed by atoms with van der Waals surface area (Å²) in [6.07, 6.45) is 0.268. The van der Waals surface area contributed by atoms with Gasteiger partial charge in [0.2, 0.25) is 0 Å². The summed E-state index contributed by atoms with van der Waals surface area (Å²) in [7, 11) is -3.00. The summed E-state index contributed by atoms with van der Waals surface area (Å²) >= 11 is 5.78. The smallest absolute Gasteiger partial charge is 0.332 e. The lowest BCUT2D eigenvalue weighted by Crippen LogP contribution is -2.06. The highest BCUT2D eigenvalue weighted by Crippen LogP contribution is 2.47. The Kier molecular flexibility index (Phi) is 8.43. The van der Waals surface area contributed by atoms with Crippen molar-refractivity contribution in [1.29, 1.82) is 0 Å². The van der Waals surface area contributed by atoms with Crippen LogP contribution in [0.25, 0.3) is 0 Å². The van der Waals surface area contributed by atoms with Gasteiger partial charge in [-0.1, -0.05) is 24.3 Å². The maximum atomic E-state index is 12.2. The van der Waals surface area contributed by atoms with E-state index in [0.717, 1.165) is 11.1 Å². The molecule has 114 valence electrons. The lowest BCUT2D eigenvalue weighted by atomic mass is 10.1. The number of benzene rings is 1. The fraction of sp³-hybridized carbons (Fsp3) is 0.571. The Morgan fingerprint density at radius 2 is 1.80 bits per heavy atom. The predicted octanol–water partition coefficient (Wildman–Crippen LogP) is 4.21. The summed E-state index contributed by atoms with van der Waals surface area (Å²) < 4.78 is 28.1. The molecule has 0 bridgehead atoms. The van der Waals surface area contributed by atoms with E-state index in [1.54, 1.807) is 13.8 Å². The van der Waals surface area contributed by atoms with Gasteiger partial charge in [-0.15, -0.1) is 11.6 Å². The van der Waals surface area contributed by atoms with E-state index >= 15 is 0 Å². The third-order valence-corrected chi connectivity index (χ3v) is 4.92. The minimum atomic E-state index is -3.00. The van der Waals surface area contributed by atoms with Gasteiger partial charge in [-0.25, -0.2) is 0 Å². The average molecular weight is 321 g/mol. The monoisotopic (exact) mass is 320 g/mol. The number of rotatable bonds is 10. The van der Waals surface area contributed by atoms with Gasteiger partial charge in [-0.3, -0.25) is 4.57 Å². The molecule has 1 aromatic carbocycles. The lowest BCUT2D eigenvalue weighted by Gasteiger charge is -2.16. The SMILES string of the molecule is CCOP(=O)(CCOCc1cccc(CCl)c1)OCC. The summed E-state index contributed by atoms with van der Waals surface area (Å²) in [6.45, 7) is 5.13. The van der Waals surface area contributed by atoms with Crippen LogP contribution < -0.4 is 0 Å². The molecular formula is C14H22ClO4P. The Morgan fingerprint density at radius 3 is 2.40 bits per heavy atom. The molecule has 6 heteroatoms. The van der Waals surface area contributed by atoms with Crippen LogP contribution in [0.15, 0.2) is 24.3 Å². The number of hydrogen-bond acceptors (Lipinski definition) is 4. The maximum absolute atomic E-state index is 12.2. The van der Waals surface area contributed by atoms with Crippen molar-refractivity contribution in [2.75, 3.05) is 26.0 Å². The predicted molar refractivity (Wildman–Crippen MR) is 81.4 cm³/mol. The van der Waals surface area contributed by atoms with Gasteiger partial charge in [0, 0.05) is 5.88 Å². The van der Waals surface area contributed by atoms with Gasteiger partial charge in [-0.05, 0) is 25.0 Å². The first-order valence-electron chi connectivity index (χ1n) is 6.73. The molecule has 4 nitrogen and oxygen atoms in total. The topological polar surface area (TPSA) is 44.8 Å². The molecule has 0 amide bonds. The zero-order chi connectivity index (χ0) is 14.8. The van der Waals surface area contributed by atoms with E-state index in [0.29, 0.717) is 32.3 Å². The van der Waals surface area contributed by atoms with E-state index in [9.17, 15) is 4.57 Å². The van der Waals surface area contributed by atoms with Crippen LogP contribution in [0.4, 0.5) is 0 Å². The number of ether oxygens (including phenoxy) is 1. The van der Waals surface area contributed by atoms with Crippen molar-refractivity contribution in [2.45, 2.75) is 26.3 Å². The molecule has 0 aliphatic carbocycles. The molecule has 0 fully saturated rings. The quantitative estimate of drug-likeness (QED) is 0.368. The Morgan fingerprint density at radius 1 is 1.15 bits per heavy atom. The molecule has 0 saturated heterocycles. The Bertz CT molecular complexity index is 429. The second-order valence-electron chi connectivity index (χ2n) is 4.18. The fourth-order valence-corrected chi connectivity index (χ4v) is 3.37. The normalized spacial score (nSPS) is 11.8. The van der Waals surface area contributed by atoms with Crippen molar-refractivity contribution < 1.29 is 18.3 Å². The number of alkyl halides is 1. The summed E-state index contributed by atoms with van der Waals surface area (Å²) in [6, 6.07) is 7.88. The van der Waals surface area contributed by atoms with Crippen LogP contribution in [0.5, 0.6) is 0 Å². The average Bonchev–Trinajstić information content (AvgIpc) is 2.44. The molecule has 0 aromatic heterocycles. The summed E-state index contributed by atoms with van der Waals surface area (Å²) in [5, 5.41) is 0. The molecule has 0 aliphatic rings. The largest absolute Gasteiger partial charge is 0.376 e. The van der Waals surface area contributed by atoms with Crippen molar-refractivity contribution in [3.8, 4) is 0 Å². The van der Waals surface area contributed by atoms with Gasteiger partial charge in [0.25, 0.3) is 0 Å². The van der Waals surface area contributed by atoms with Crippen molar-refractivity contribution in [3.63, 3.8) is 0 Å². The third-order valence-electron chi connectivity index (χ3n) is 2.58. The van der Waals surface area contributed by atoms with E-state index in [1.165, 1.54) is 0 Å². The van der Waals surface area contributed by atoms with Crippen molar-refractivity contribution in [1.82, 2.24) is 0 Å². The molecule has 0 spiro atoms. The lowest BCUT2D eigenvalue weighted by molar-refractivity contribution is 0.127. The number of halogens is 1. The van der Waals surface area contributed by atoms with Crippen LogP contribution in [0.3, 0.4) is 0 Å². The summed E-state index contributed by atoms with van der Waals surface area (Å²) in [5.41, 5.74) is 2.10. The zero-order valence-electron chi connectivity index (χ0n) is 12.0. The first-order valence-corrected chi connectivity index (χ1v) is 8.99. The second-order valence-corrected chi connectivity index (χ2v) is 6.63.